The number of carbonyl (C=O) groups is 3. The third kappa shape index (κ3) is 15.0. The number of amides is 2. The molecule has 0 unspecified atom stereocenters. The number of carbonyl (C=O) groups excluding carboxylic acids is 2. The summed E-state index contributed by atoms with van der Waals surface area (Å²) in [5.74, 6) is -3.98. The van der Waals surface area contributed by atoms with Crippen LogP contribution in [0.2, 0.25) is 0 Å². The molecule has 2 amide bonds. The number of carboxylic acid groups (broad SMARTS) is 1. The number of anilines is 3. The van der Waals surface area contributed by atoms with Crippen LogP contribution in [-0.4, -0.2) is 38.4 Å². The molecule has 6 aromatic rings. The molecule has 0 aliphatic heterocycles. The Morgan fingerprint density at radius 2 is 0.984 bits per heavy atom. The number of nitrogens with two attached hydrogens (primary N) is 2. The summed E-state index contributed by atoms with van der Waals surface area (Å²) in [7, 11) is 0. The Morgan fingerprint density at radius 1 is 0.594 bits per heavy atom. The highest BCUT2D eigenvalue weighted by molar-refractivity contribution is 6.03. The molecule has 0 fully saturated rings. The molecule has 0 bridgehead atoms. The van der Waals surface area contributed by atoms with E-state index in [1.54, 1.807) is 0 Å². The minimum atomic E-state index is -4.68. The van der Waals surface area contributed by atoms with Gasteiger partial charge < -0.3 is 40.8 Å². The minimum absolute atomic E-state index is 0.0172. The maximum Gasteiger partial charge on any atom is 0.419 e. The van der Waals surface area contributed by atoms with Crippen molar-refractivity contribution in [1.29, 1.82) is 0 Å². The van der Waals surface area contributed by atoms with Crippen molar-refractivity contribution in [2.45, 2.75) is 65.6 Å². The van der Waals surface area contributed by atoms with E-state index in [0.29, 0.717) is 42.1 Å². The predicted octanol–water partition coefficient (Wildman–Crippen LogP) is 9.89. The Labute approximate surface area is 355 Å². The van der Waals surface area contributed by atoms with Gasteiger partial charge >= 0.3 is 24.5 Å². The van der Waals surface area contributed by atoms with Crippen LogP contribution in [0.4, 0.5) is 61.0 Å². The molecule has 3 aromatic heterocycles. The summed E-state index contributed by atoms with van der Waals surface area (Å²) in [5, 5.41) is 23.7. The highest BCUT2D eigenvalue weighted by Gasteiger charge is 2.35. The SMILES string of the molecule is CCc1cc(C(=O)Nc2ccc(C)c(C(F)(F)F)c2)on1.CCc1cc(C(=O)O)on1.Cc1ccc(NC(=O)c2cc(CN)no2)cc1C(F)(F)F.Nc1ccc(F)c(C(F)(F)F)c1. The lowest BCUT2D eigenvalue weighted by molar-refractivity contribution is -0.140. The zero-order chi connectivity index (χ0) is 48.2. The van der Waals surface area contributed by atoms with E-state index in [1.165, 1.54) is 56.3 Å². The first kappa shape index (κ1) is 51.1. The predicted molar refractivity (Wildman–Crippen MR) is 207 cm³/mol. The van der Waals surface area contributed by atoms with E-state index in [-0.39, 0.29) is 52.0 Å². The number of hydrogen-bond donors (Lipinski definition) is 5. The third-order valence-electron chi connectivity index (χ3n) is 8.17. The second-order valence-electron chi connectivity index (χ2n) is 13.0. The average Bonchev–Trinajstić information content (AvgIpc) is 4.02. The van der Waals surface area contributed by atoms with E-state index in [1.807, 2.05) is 13.8 Å². The summed E-state index contributed by atoms with van der Waals surface area (Å²) < 4.78 is 139. The Hall–Kier alpha value is -7.24. The van der Waals surface area contributed by atoms with Crippen LogP contribution in [-0.2, 0) is 37.9 Å². The number of halogens is 10. The Bertz CT molecular complexity index is 2410. The standard InChI is InChI=1S/C14H13F3N2O2.C13H12F3N3O2.C7H5F4N.C6H7NO3/c1-3-9-7-12(21-19-9)13(20)18-10-5-4-8(2)11(6-10)14(15,16)17;1-7-2-3-8(4-10(7)13(14,15)16)18-12(20)11-5-9(6-17)19-21-11;8-6-2-1-4(12)3-5(6)7(9,10)11;1-2-4-3-5(6(8)9)10-7-4/h4-7H,3H2,1-2H3,(H,18,20);2-5H,6,17H2,1H3,(H,18,20);1-3H,12H2;3H,2H2,1H3,(H,8,9). The number of aromatic carboxylic acids is 1. The van der Waals surface area contributed by atoms with Crippen molar-refractivity contribution in [3.63, 3.8) is 0 Å². The Morgan fingerprint density at radius 3 is 1.31 bits per heavy atom. The van der Waals surface area contributed by atoms with Crippen LogP contribution < -0.4 is 22.1 Å². The van der Waals surface area contributed by atoms with E-state index in [0.717, 1.165) is 18.2 Å². The second-order valence-corrected chi connectivity index (χ2v) is 13.0. The van der Waals surface area contributed by atoms with Crippen LogP contribution in [0, 0.1) is 19.7 Å². The molecular formula is C40H37F10N7O7. The van der Waals surface area contributed by atoms with Crippen molar-refractivity contribution >= 4 is 34.8 Å². The van der Waals surface area contributed by atoms with Gasteiger partial charge in [0.1, 0.15) is 5.82 Å². The van der Waals surface area contributed by atoms with Gasteiger partial charge in [0, 0.05) is 41.8 Å². The number of hydrogen-bond acceptors (Lipinski definition) is 11. The van der Waals surface area contributed by atoms with E-state index >= 15 is 0 Å². The molecule has 64 heavy (non-hydrogen) atoms. The van der Waals surface area contributed by atoms with Gasteiger partial charge in [0.2, 0.25) is 17.3 Å². The Kier molecular flexibility index (Phi) is 17.3. The summed E-state index contributed by atoms with van der Waals surface area (Å²) in [6.07, 6.45) is -12.3. The highest BCUT2D eigenvalue weighted by atomic mass is 19.4. The molecule has 7 N–H and O–H groups in total. The van der Waals surface area contributed by atoms with E-state index in [4.69, 9.17) is 25.6 Å². The molecular weight excluding hydrogens is 880 g/mol. The molecule has 0 saturated heterocycles. The monoisotopic (exact) mass is 917 g/mol. The first-order chi connectivity index (χ1) is 29.8. The van der Waals surface area contributed by atoms with Crippen molar-refractivity contribution in [2.24, 2.45) is 5.73 Å². The Balaban J connectivity index is 0.000000237. The number of nitrogens with one attached hydrogen (secondary N) is 2. The summed E-state index contributed by atoms with van der Waals surface area (Å²) in [5.41, 5.74) is 9.22. The maximum absolute atomic E-state index is 12.8. The molecule has 0 aliphatic rings. The van der Waals surface area contributed by atoms with Crippen molar-refractivity contribution in [1.82, 2.24) is 15.5 Å². The maximum atomic E-state index is 12.8. The largest absolute Gasteiger partial charge is 0.475 e. The van der Waals surface area contributed by atoms with Crippen molar-refractivity contribution < 1.29 is 77.0 Å². The lowest BCUT2D eigenvalue weighted by Gasteiger charge is -2.12. The fourth-order valence-electron chi connectivity index (χ4n) is 4.84. The van der Waals surface area contributed by atoms with Crippen molar-refractivity contribution in [3.8, 4) is 0 Å². The summed E-state index contributed by atoms with van der Waals surface area (Å²) in [4.78, 5) is 33.9. The van der Waals surface area contributed by atoms with Gasteiger partial charge in [-0.2, -0.15) is 39.5 Å². The molecule has 0 saturated carbocycles. The number of aryl methyl sites for hydroxylation is 4. The smallest absolute Gasteiger partial charge is 0.419 e. The van der Waals surface area contributed by atoms with Gasteiger partial charge in [-0.3, -0.25) is 9.59 Å². The van der Waals surface area contributed by atoms with Crippen LogP contribution in [0.25, 0.3) is 0 Å². The number of carboxylic acids is 1. The third-order valence-corrected chi connectivity index (χ3v) is 8.17. The van der Waals surface area contributed by atoms with Gasteiger partial charge in [-0.15, -0.1) is 0 Å². The summed E-state index contributed by atoms with van der Waals surface area (Å²) in [6, 6.07) is 13.7. The van der Waals surface area contributed by atoms with Crippen LogP contribution in [0.1, 0.15) is 90.4 Å². The van der Waals surface area contributed by atoms with Crippen LogP contribution >= 0.6 is 0 Å². The van der Waals surface area contributed by atoms with Gasteiger partial charge in [0.05, 0.1) is 33.8 Å². The van der Waals surface area contributed by atoms with Crippen molar-refractivity contribution in [2.75, 3.05) is 16.4 Å². The van der Waals surface area contributed by atoms with Crippen LogP contribution in [0.5, 0.6) is 0 Å². The molecule has 0 atom stereocenters. The second kappa shape index (κ2) is 21.7. The number of nitrogens with zero attached hydrogens (tertiary/aromatic N) is 3. The molecule has 3 aromatic carbocycles. The fraction of sp³-hybridized carbons (Fsp3) is 0.250. The number of nitrogen functional groups attached to an aromatic ring is 1. The zero-order valence-corrected chi connectivity index (χ0v) is 33.7. The first-order valence-corrected chi connectivity index (χ1v) is 18.2. The van der Waals surface area contributed by atoms with E-state index in [9.17, 15) is 58.3 Å². The molecule has 0 radical (unpaired) electrons. The quantitative estimate of drug-likeness (QED) is 0.0710. The molecule has 24 heteroatoms. The van der Waals surface area contributed by atoms with Gasteiger partial charge in [-0.1, -0.05) is 41.5 Å². The van der Waals surface area contributed by atoms with E-state index in [2.05, 4.69) is 30.6 Å². The number of benzene rings is 3. The molecule has 0 aliphatic carbocycles. The summed E-state index contributed by atoms with van der Waals surface area (Å²) >= 11 is 0. The van der Waals surface area contributed by atoms with Gasteiger partial charge in [0.15, 0.2) is 0 Å². The molecule has 0 spiro atoms. The van der Waals surface area contributed by atoms with Gasteiger partial charge in [-0.05, 0) is 80.3 Å². The highest BCUT2D eigenvalue weighted by Crippen LogP contribution is 2.35. The van der Waals surface area contributed by atoms with Crippen molar-refractivity contribution in [3.05, 3.63) is 141 Å². The van der Waals surface area contributed by atoms with Gasteiger partial charge in [0.25, 0.3) is 11.8 Å². The van der Waals surface area contributed by atoms with Crippen LogP contribution in [0.3, 0.4) is 0 Å². The molecule has 6 rings (SSSR count). The lowest BCUT2D eigenvalue weighted by atomic mass is 10.1. The molecule has 3 heterocycles. The zero-order valence-electron chi connectivity index (χ0n) is 33.7. The topological polar surface area (TPSA) is 226 Å². The number of alkyl halides is 9. The lowest BCUT2D eigenvalue weighted by Crippen LogP contribution is -2.13. The number of aromatic nitrogens is 3. The average molecular weight is 918 g/mol. The normalized spacial score (nSPS) is 11.2. The van der Waals surface area contributed by atoms with Crippen LogP contribution in [0.15, 0.2) is 86.4 Å². The minimum Gasteiger partial charge on any atom is -0.475 e. The van der Waals surface area contributed by atoms with E-state index < -0.39 is 58.8 Å². The summed E-state index contributed by atoms with van der Waals surface area (Å²) in [6.45, 7) is 6.52. The van der Waals surface area contributed by atoms with Gasteiger partial charge in [-0.25, -0.2) is 9.18 Å². The number of rotatable bonds is 8. The molecule has 344 valence electrons. The fourth-order valence-corrected chi connectivity index (χ4v) is 4.84. The first-order valence-electron chi connectivity index (χ1n) is 18.2. The molecule has 14 nitrogen and oxygen atoms in total.